The molecule has 0 aliphatic rings. The zero-order chi connectivity index (χ0) is 14.8. The van der Waals surface area contributed by atoms with E-state index in [2.05, 4.69) is 36.2 Å². The van der Waals surface area contributed by atoms with Gasteiger partial charge in [-0.25, -0.2) is 13.1 Å². The summed E-state index contributed by atoms with van der Waals surface area (Å²) in [6.45, 7) is 2.50. The highest BCUT2D eigenvalue weighted by Crippen LogP contribution is 2.22. The van der Waals surface area contributed by atoms with Gasteiger partial charge in [-0.15, -0.1) is 11.3 Å². The molecule has 0 atom stereocenters. The van der Waals surface area contributed by atoms with Gasteiger partial charge in [0.1, 0.15) is 0 Å². The van der Waals surface area contributed by atoms with Crippen LogP contribution in [0, 0.1) is 6.92 Å². The van der Waals surface area contributed by atoms with Gasteiger partial charge in [0.25, 0.3) is 10.0 Å². The van der Waals surface area contributed by atoms with Crippen molar-refractivity contribution in [3.8, 4) is 0 Å². The second kappa shape index (κ2) is 6.35. The summed E-state index contributed by atoms with van der Waals surface area (Å²) in [6, 6.07) is 3.76. The van der Waals surface area contributed by atoms with Gasteiger partial charge in [-0.2, -0.15) is 5.10 Å². The largest absolute Gasteiger partial charge is 0.316 e. The Bertz CT molecular complexity index is 693. The number of H-pyrrole nitrogens is 1. The number of aromatic nitrogens is 2. The van der Waals surface area contributed by atoms with Gasteiger partial charge >= 0.3 is 0 Å². The van der Waals surface area contributed by atoms with Crippen LogP contribution in [0.3, 0.4) is 0 Å². The maximum Gasteiger partial charge on any atom is 0.260 e. The molecule has 6 nitrogen and oxygen atoms in total. The Morgan fingerprint density at radius 2 is 2.15 bits per heavy atom. The van der Waals surface area contributed by atoms with Crippen LogP contribution in [0.15, 0.2) is 20.9 Å². The Morgan fingerprint density at radius 1 is 1.40 bits per heavy atom. The van der Waals surface area contributed by atoms with Crippen LogP contribution in [-0.2, 0) is 23.1 Å². The van der Waals surface area contributed by atoms with E-state index in [1.54, 1.807) is 14.0 Å². The van der Waals surface area contributed by atoms with E-state index in [0.717, 1.165) is 14.4 Å². The lowest BCUT2D eigenvalue weighted by atomic mass is 10.3. The van der Waals surface area contributed by atoms with E-state index >= 15 is 0 Å². The van der Waals surface area contributed by atoms with Crippen LogP contribution >= 0.6 is 27.3 Å². The van der Waals surface area contributed by atoms with Crippen molar-refractivity contribution in [2.24, 2.45) is 0 Å². The standard InChI is InChI=1S/C11H15BrN4O2S2/c1-7-9(6-13-2)11(16-15-7)20(17,18)14-5-8-3-4-10(12)19-8/h3-4,13-14H,5-6H2,1-2H3,(H,15,16). The molecule has 3 N–H and O–H groups in total. The van der Waals surface area contributed by atoms with Crippen molar-refractivity contribution < 1.29 is 8.42 Å². The highest BCUT2D eigenvalue weighted by atomic mass is 79.9. The van der Waals surface area contributed by atoms with E-state index in [9.17, 15) is 8.42 Å². The Morgan fingerprint density at radius 3 is 2.75 bits per heavy atom. The molecule has 0 saturated carbocycles. The van der Waals surface area contributed by atoms with Crippen molar-refractivity contribution >= 4 is 37.3 Å². The monoisotopic (exact) mass is 378 g/mol. The van der Waals surface area contributed by atoms with Crippen molar-refractivity contribution in [2.75, 3.05) is 7.05 Å². The van der Waals surface area contributed by atoms with Crippen LogP contribution in [0.25, 0.3) is 0 Å². The van der Waals surface area contributed by atoms with Gasteiger partial charge in [-0.05, 0) is 42.0 Å². The zero-order valence-electron chi connectivity index (χ0n) is 11.0. The third kappa shape index (κ3) is 3.47. The number of nitrogens with one attached hydrogen (secondary N) is 3. The van der Waals surface area contributed by atoms with Crippen molar-refractivity contribution in [2.45, 2.75) is 25.0 Å². The van der Waals surface area contributed by atoms with E-state index in [0.29, 0.717) is 12.1 Å². The summed E-state index contributed by atoms with van der Waals surface area (Å²) < 4.78 is 28.1. The van der Waals surface area contributed by atoms with E-state index in [1.807, 2.05) is 12.1 Å². The van der Waals surface area contributed by atoms with Gasteiger partial charge in [0.05, 0.1) is 3.79 Å². The quantitative estimate of drug-likeness (QED) is 0.714. The summed E-state index contributed by atoms with van der Waals surface area (Å²) in [5.74, 6) is 0. The average Bonchev–Trinajstić information content (AvgIpc) is 2.96. The van der Waals surface area contributed by atoms with Gasteiger partial charge in [-0.1, -0.05) is 0 Å². The lowest BCUT2D eigenvalue weighted by Gasteiger charge is -2.06. The number of aryl methyl sites for hydroxylation is 1. The Balaban J connectivity index is 2.18. The Labute approximate surface area is 130 Å². The number of hydrogen-bond acceptors (Lipinski definition) is 5. The summed E-state index contributed by atoms with van der Waals surface area (Å²) >= 11 is 4.84. The molecule has 110 valence electrons. The summed E-state index contributed by atoms with van der Waals surface area (Å²) in [4.78, 5) is 0.933. The molecule has 2 heterocycles. The van der Waals surface area contributed by atoms with Crippen molar-refractivity contribution in [1.82, 2.24) is 20.2 Å². The number of sulfonamides is 1. The fourth-order valence-corrected chi connectivity index (χ4v) is 4.43. The molecule has 9 heteroatoms. The molecule has 0 unspecified atom stereocenters. The van der Waals surface area contributed by atoms with Gasteiger partial charge < -0.3 is 5.32 Å². The molecule has 2 rings (SSSR count). The van der Waals surface area contributed by atoms with Gasteiger partial charge in [0, 0.05) is 29.2 Å². The predicted molar refractivity (Wildman–Crippen MR) is 82.1 cm³/mol. The van der Waals surface area contributed by atoms with Crippen LogP contribution < -0.4 is 10.0 Å². The first-order valence-electron chi connectivity index (χ1n) is 5.86. The predicted octanol–water partition coefficient (Wildman–Crippen LogP) is 1.74. The fourth-order valence-electron chi connectivity index (χ4n) is 1.72. The first kappa shape index (κ1) is 15.6. The number of nitrogens with zero attached hydrogens (tertiary/aromatic N) is 1. The summed E-state index contributed by atoms with van der Waals surface area (Å²) in [7, 11) is -1.86. The van der Waals surface area contributed by atoms with E-state index in [-0.39, 0.29) is 11.6 Å². The number of thiophene rings is 1. The second-order valence-electron chi connectivity index (χ2n) is 4.19. The molecule has 0 bridgehead atoms. The molecule has 0 amide bonds. The molecular weight excluding hydrogens is 364 g/mol. The molecule has 2 aromatic rings. The van der Waals surface area contributed by atoms with Gasteiger partial charge in [0.2, 0.25) is 0 Å². The van der Waals surface area contributed by atoms with Gasteiger partial charge in [0.15, 0.2) is 5.03 Å². The third-order valence-corrected chi connectivity index (χ3v) is 5.70. The topological polar surface area (TPSA) is 86.9 Å². The molecule has 2 aromatic heterocycles. The minimum atomic E-state index is -3.62. The molecule has 0 fully saturated rings. The maximum absolute atomic E-state index is 12.3. The molecule has 0 saturated heterocycles. The van der Waals surface area contributed by atoms with Crippen LogP contribution in [0.2, 0.25) is 0 Å². The first-order chi connectivity index (χ1) is 9.44. The van der Waals surface area contributed by atoms with E-state index in [1.165, 1.54) is 11.3 Å². The average molecular weight is 379 g/mol. The van der Waals surface area contributed by atoms with Crippen LogP contribution in [0.5, 0.6) is 0 Å². The molecule has 0 spiro atoms. The minimum absolute atomic E-state index is 0.0555. The number of halogens is 1. The number of hydrogen-bond donors (Lipinski definition) is 3. The maximum atomic E-state index is 12.3. The lowest BCUT2D eigenvalue weighted by molar-refractivity contribution is 0.575. The normalized spacial score (nSPS) is 11.9. The molecule has 0 radical (unpaired) electrons. The molecular formula is C11H15BrN4O2S2. The highest BCUT2D eigenvalue weighted by Gasteiger charge is 2.23. The SMILES string of the molecule is CNCc1c(S(=O)(=O)NCc2ccc(Br)s2)n[nH]c1C. The van der Waals surface area contributed by atoms with Crippen LogP contribution in [0.4, 0.5) is 0 Å². The lowest BCUT2D eigenvalue weighted by Crippen LogP contribution is -2.25. The molecule has 0 aliphatic carbocycles. The smallest absolute Gasteiger partial charge is 0.260 e. The van der Waals surface area contributed by atoms with Gasteiger partial charge in [-0.3, -0.25) is 5.10 Å². The van der Waals surface area contributed by atoms with E-state index in [4.69, 9.17) is 0 Å². The second-order valence-corrected chi connectivity index (χ2v) is 8.42. The fraction of sp³-hybridized carbons (Fsp3) is 0.364. The van der Waals surface area contributed by atoms with E-state index < -0.39 is 10.0 Å². The minimum Gasteiger partial charge on any atom is -0.316 e. The molecule has 0 aromatic carbocycles. The number of aromatic amines is 1. The summed E-state index contributed by atoms with van der Waals surface area (Å²) in [6.07, 6.45) is 0. The number of rotatable bonds is 6. The Hall–Kier alpha value is -0.740. The summed E-state index contributed by atoms with van der Waals surface area (Å²) in [5, 5.41) is 9.62. The van der Waals surface area contributed by atoms with Crippen molar-refractivity contribution in [3.63, 3.8) is 0 Å². The zero-order valence-corrected chi connectivity index (χ0v) is 14.2. The van der Waals surface area contributed by atoms with Crippen molar-refractivity contribution in [3.05, 3.63) is 32.1 Å². The van der Waals surface area contributed by atoms with Crippen LogP contribution in [-0.4, -0.2) is 25.7 Å². The third-order valence-electron chi connectivity index (χ3n) is 2.71. The van der Waals surface area contributed by atoms with Crippen LogP contribution in [0.1, 0.15) is 16.1 Å². The molecule has 20 heavy (non-hydrogen) atoms. The molecule has 0 aliphatic heterocycles. The highest BCUT2D eigenvalue weighted by molar-refractivity contribution is 9.11. The summed E-state index contributed by atoms with van der Waals surface area (Å²) in [5.41, 5.74) is 1.41. The van der Waals surface area contributed by atoms with Crippen molar-refractivity contribution in [1.29, 1.82) is 0 Å². The Kier molecular flexibility index (Phi) is 4.97. The first-order valence-corrected chi connectivity index (χ1v) is 8.95.